The fraction of sp³-hybridized carbons (Fsp3) is 0.667. The van der Waals surface area contributed by atoms with Gasteiger partial charge in [-0.1, -0.05) is 43.2 Å². The molecule has 3 rings (SSSR count). The van der Waals surface area contributed by atoms with Crippen LogP contribution in [0.1, 0.15) is 56.9 Å². The van der Waals surface area contributed by atoms with Crippen LogP contribution in [0.15, 0.2) is 30.3 Å². The summed E-state index contributed by atoms with van der Waals surface area (Å²) in [5.74, 6) is 0. The predicted octanol–water partition coefficient (Wildman–Crippen LogP) is 3.64. The molecule has 110 valence electrons. The lowest BCUT2D eigenvalue weighted by Gasteiger charge is -2.45. The van der Waals surface area contributed by atoms with Crippen molar-refractivity contribution in [2.75, 3.05) is 6.61 Å². The number of hydrogen-bond acceptors (Lipinski definition) is 2. The van der Waals surface area contributed by atoms with Gasteiger partial charge in [-0.2, -0.15) is 0 Å². The summed E-state index contributed by atoms with van der Waals surface area (Å²) in [6, 6.07) is 10.5. The van der Waals surface area contributed by atoms with Gasteiger partial charge in [0.15, 0.2) is 0 Å². The minimum absolute atomic E-state index is 0.0380. The van der Waals surface area contributed by atoms with Crippen molar-refractivity contribution in [3.05, 3.63) is 35.9 Å². The summed E-state index contributed by atoms with van der Waals surface area (Å²) in [5, 5.41) is 13.5. The van der Waals surface area contributed by atoms with E-state index in [9.17, 15) is 5.11 Å². The van der Waals surface area contributed by atoms with E-state index in [1.165, 1.54) is 44.1 Å². The van der Waals surface area contributed by atoms with Crippen LogP contribution in [0, 0.1) is 5.41 Å². The third-order valence-corrected chi connectivity index (χ3v) is 5.74. The average molecular weight is 273 g/mol. The lowest BCUT2D eigenvalue weighted by molar-refractivity contribution is 0.0615. The van der Waals surface area contributed by atoms with Crippen LogP contribution >= 0.6 is 0 Å². The molecule has 0 unspecified atom stereocenters. The molecule has 0 saturated heterocycles. The lowest BCUT2D eigenvalue weighted by Crippen LogP contribution is -2.52. The summed E-state index contributed by atoms with van der Waals surface area (Å²) in [6.45, 7) is 1.14. The monoisotopic (exact) mass is 273 g/mol. The van der Waals surface area contributed by atoms with Crippen LogP contribution < -0.4 is 5.32 Å². The molecule has 2 heteroatoms. The van der Waals surface area contributed by atoms with E-state index in [0.29, 0.717) is 5.41 Å². The number of rotatable bonds is 4. The average Bonchev–Trinajstić information content (AvgIpc) is 2.97. The summed E-state index contributed by atoms with van der Waals surface area (Å²) in [4.78, 5) is 0. The molecule has 1 aromatic rings. The van der Waals surface area contributed by atoms with Gasteiger partial charge in [0, 0.05) is 12.1 Å². The van der Waals surface area contributed by atoms with Crippen LogP contribution in [0.5, 0.6) is 0 Å². The maximum Gasteiger partial charge on any atom is 0.0613 e. The predicted molar refractivity (Wildman–Crippen MR) is 82.5 cm³/mol. The minimum atomic E-state index is -0.0380. The molecule has 0 aromatic heterocycles. The topological polar surface area (TPSA) is 32.3 Å². The standard InChI is InChI=1S/C18H27NO/c20-15-18(19-14-16-6-2-1-3-7-16)12-10-17(11-13-18)8-4-5-9-17/h1-3,6-7,19-20H,4-5,8-15H2. The number of aliphatic hydroxyl groups is 1. The van der Waals surface area contributed by atoms with Crippen LogP contribution in [0.4, 0.5) is 0 Å². The van der Waals surface area contributed by atoms with Gasteiger partial charge in [-0.25, -0.2) is 0 Å². The number of aliphatic hydroxyl groups excluding tert-OH is 1. The number of hydrogen-bond donors (Lipinski definition) is 2. The van der Waals surface area contributed by atoms with Crippen LogP contribution in [0.3, 0.4) is 0 Å². The molecule has 20 heavy (non-hydrogen) atoms. The Morgan fingerprint density at radius 2 is 1.55 bits per heavy atom. The molecule has 0 heterocycles. The second-order valence-electron chi connectivity index (χ2n) is 6.98. The molecular weight excluding hydrogens is 246 g/mol. The van der Waals surface area contributed by atoms with Crippen molar-refractivity contribution in [3.63, 3.8) is 0 Å². The first-order chi connectivity index (χ1) is 9.76. The van der Waals surface area contributed by atoms with Gasteiger partial charge >= 0.3 is 0 Å². The molecule has 2 aliphatic carbocycles. The highest BCUT2D eigenvalue weighted by molar-refractivity contribution is 5.15. The van der Waals surface area contributed by atoms with E-state index < -0.39 is 0 Å². The molecule has 1 spiro atoms. The van der Waals surface area contributed by atoms with E-state index in [1.54, 1.807) is 0 Å². The van der Waals surface area contributed by atoms with Crippen LogP contribution in [-0.2, 0) is 6.54 Å². The van der Waals surface area contributed by atoms with Crippen molar-refractivity contribution in [1.82, 2.24) is 5.32 Å². The third kappa shape index (κ3) is 2.91. The summed E-state index contributed by atoms with van der Waals surface area (Å²) in [7, 11) is 0. The normalized spacial score (nSPS) is 24.1. The molecule has 2 aliphatic rings. The van der Waals surface area contributed by atoms with Crippen LogP contribution in [0.25, 0.3) is 0 Å². The van der Waals surface area contributed by atoms with Gasteiger partial charge in [0.25, 0.3) is 0 Å². The maximum atomic E-state index is 9.89. The molecule has 0 amide bonds. The summed E-state index contributed by atoms with van der Waals surface area (Å²) in [6.07, 6.45) is 10.6. The Bertz CT molecular complexity index is 412. The summed E-state index contributed by atoms with van der Waals surface area (Å²) < 4.78 is 0. The Labute approximate surface area is 122 Å². The van der Waals surface area contributed by atoms with Crippen LogP contribution in [-0.4, -0.2) is 17.3 Å². The first-order valence-electron chi connectivity index (χ1n) is 8.16. The van der Waals surface area contributed by atoms with E-state index in [-0.39, 0.29) is 12.1 Å². The first-order valence-corrected chi connectivity index (χ1v) is 8.16. The Morgan fingerprint density at radius 1 is 0.900 bits per heavy atom. The molecule has 2 N–H and O–H groups in total. The van der Waals surface area contributed by atoms with Crippen LogP contribution in [0.2, 0.25) is 0 Å². The fourth-order valence-corrected chi connectivity index (χ4v) is 4.16. The summed E-state index contributed by atoms with van der Waals surface area (Å²) >= 11 is 0. The largest absolute Gasteiger partial charge is 0.394 e. The van der Waals surface area contributed by atoms with E-state index in [4.69, 9.17) is 0 Å². The summed E-state index contributed by atoms with van der Waals surface area (Å²) in [5.41, 5.74) is 1.90. The Balaban J connectivity index is 1.59. The van der Waals surface area contributed by atoms with E-state index >= 15 is 0 Å². The minimum Gasteiger partial charge on any atom is -0.394 e. The highest BCUT2D eigenvalue weighted by atomic mass is 16.3. The van der Waals surface area contributed by atoms with Crippen molar-refractivity contribution in [2.45, 2.75) is 63.5 Å². The molecule has 2 saturated carbocycles. The van der Waals surface area contributed by atoms with Crippen molar-refractivity contribution in [3.8, 4) is 0 Å². The van der Waals surface area contributed by atoms with Crippen molar-refractivity contribution >= 4 is 0 Å². The van der Waals surface area contributed by atoms with Gasteiger partial charge < -0.3 is 10.4 Å². The van der Waals surface area contributed by atoms with Crippen molar-refractivity contribution < 1.29 is 5.11 Å². The quantitative estimate of drug-likeness (QED) is 0.878. The molecule has 0 aliphatic heterocycles. The highest BCUT2D eigenvalue weighted by Crippen LogP contribution is 2.51. The van der Waals surface area contributed by atoms with Gasteiger partial charge in [-0.15, -0.1) is 0 Å². The SMILES string of the molecule is OCC1(NCc2ccccc2)CCC2(CCCC2)CC1. The highest BCUT2D eigenvalue weighted by Gasteiger charge is 2.43. The van der Waals surface area contributed by atoms with E-state index in [0.717, 1.165) is 19.4 Å². The van der Waals surface area contributed by atoms with Gasteiger partial charge in [0.2, 0.25) is 0 Å². The lowest BCUT2D eigenvalue weighted by atomic mass is 9.66. The molecule has 0 radical (unpaired) electrons. The number of nitrogens with one attached hydrogen (secondary N) is 1. The number of benzene rings is 1. The molecule has 1 aromatic carbocycles. The zero-order valence-electron chi connectivity index (χ0n) is 12.4. The zero-order valence-corrected chi connectivity index (χ0v) is 12.4. The Hall–Kier alpha value is -0.860. The third-order valence-electron chi connectivity index (χ3n) is 5.74. The molecule has 0 atom stereocenters. The first kappa shape index (κ1) is 14.1. The van der Waals surface area contributed by atoms with Crippen molar-refractivity contribution in [2.24, 2.45) is 5.41 Å². The molecule has 0 bridgehead atoms. The second-order valence-corrected chi connectivity index (χ2v) is 6.98. The Morgan fingerprint density at radius 3 is 2.15 bits per heavy atom. The Kier molecular flexibility index (Phi) is 4.13. The van der Waals surface area contributed by atoms with Gasteiger partial charge in [-0.05, 0) is 49.5 Å². The molecule has 2 nitrogen and oxygen atoms in total. The molecular formula is C18H27NO. The van der Waals surface area contributed by atoms with Gasteiger partial charge in [-0.3, -0.25) is 0 Å². The molecule has 2 fully saturated rings. The van der Waals surface area contributed by atoms with Gasteiger partial charge in [0.05, 0.1) is 6.61 Å². The van der Waals surface area contributed by atoms with E-state index in [1.807, 2.05) is 0 Å². The smallest absolute Gasteiger partial charge is 0.0613 e. The second kappa shape index (κ2) is 5.87. The maximum absolute atomic E-state index is 9.89. The fourth-order valence-electron chi connectivity index (χ4n) is 4.16. The van der Waals surface area contributed by atoms with Gasteiger partial charge in [0.1, 0.15) is 0 Å². The zero-order chi connectivity index (χ0) is 13.9. The van der Waals surface area contributed by atoms with E-state index in [2.05, 4.69) is 35.6 Å². The van der Waals surface area contributed by atoms with Crippen molar-refractivity contribution in [1.29, 1.82) is 0 Å².